The van der Waals surface area contributed by atoms with Crippen LogP contribution in [0.25, 0.3) is 0 Å². The number of carbonyl (C=O) groups is 1. The van der Waals surface area contributed by atoms with Crippen molar-refractivity contribution in [3.05, 3.63) is 54.0 Å². The third-order valence-corrected chi connectivity index (χ3v) is 4.28. The van der Waals surface area contributed by atoms with E-state index >= 15 is 0 Å². The summed E-state index contributed by atoms with van der Waals surface area (Å²) in [4.78, 5) is 12.1. The summed E-state index contributed by atoms with van der Waals surface area (Å²) in [6.07, 6.45) is 1.26. The molecule has 6 heteroatoms. The molecular weight excluding hydrogens is 326 g/mol. The molecule has 132 valence electrons. The van der Waals surface area contributed by atoms with Gasteiger partial charge in [-0.3, -0.25) is 0 Å². The molecule has 1 atom stereocenters. The van der Waals surface area contributed by atoms with E-state index in [4.69, 9.17) is 4.74 Å². The summed E-state index contributed by atoms with van der Waals surface area (Å²) in [5, 5.41) is 3.76. The number of hydrogen-bond donors (Lipinski definition) is 1. The molecule has 0 spiro atoms. The van der Waals surface area contributed by atoms with Crippen LogP contribution >= 0.6 is 0 Å². The zero-order valence-corrected chi connectivity index (χ0v) is 15.4. The van der Waals surface area contributed by atoms with Crippen LogP contribution in [0.1, 0.15) is 34.1 Å². The Labute approximate surface area is 144 Å². The fourth-order valence-corrected chi connectivity index (χ4v) is 2.98. The quantitative estimate of drug-likeness (QED) is 0.791. The lowest BCUT2D eigenvalue weighted by molar-refractivity contribution is 0.0514. The summed E-state index contributed by atoms with van der Waals surface area (Å²) in [5.74, 6) is 0. The molecule has 0 aromatic heterocycles. The molecule has 0 bridgehead atoms. The van der Waals surface area contributed by atoms with Crippen molar-refractivity contribution in [3.8, 4) is 0 Å². The second-order valence-electron chi connectivity index (χ2n) is 6.60. The van der Waals surface area contributed by atoms with Gasteiger partial charge in [-0.15, -0.1) is 6.58 Å². The van der Waals surface area contributed by atoms with Gasteiger partial charge in [0.1, 0.15) is 5.60 Å². The van der Waals surface area contributed by atoms with Crippen molar-refractivity contribution in [3.63, 3.8) is 0 Å². The third kappa shape index (κ3) is 7.46. The van der Waals surface area contributed by atoms with Crippen molar-refractivity contribution >= 4 is 15.9 Å². The van der Waals surface area contributed by atoms with Gasteiger partial charge in [0.15, 0.2) is 9.84 Å². The topological polar surface area (TPSA) is 72.5 Å². The van der Waals surface area contributed by atoms with Gasteiger partial charge >= 0.3 is 6.09 Å². The highest BCUT2D eigenvalue weighted by Gasteiger charge is 2.19. The Morgan fingerprint density at radius 3 is 2.38 bits per heavy atom. The van der Waals surface area contributed by atoms with Gasteiger partial charge in [0.25, 0.3) is 0 Å². The molecule has 0 aliphatic rings. The lowest BCUT2D eigenvalue weighted by Crippen LogP contribution is -2.38. The molecule has 0 fully saturated rings. The number of ether oxygens (including phenoxy) is 1. The molecule has 1 aromatic carbocycles. The standard InChI is InChI=1S/C18H25NO4S/c1-14(2)13-15(19-17(20)23-18(3,4)5)11-12-24(21,22)16-9-7-6-8-10-16/h6-12,15H,1,13H2,2-5H3,(H,19,20). The smallest absolute Gasteiger partial charge is 0.408 e. The Balaban J connectivity index is 2.89. The van der Waals surface area contributed by atoms with Crippen molar-refractivity contribution in [2.75, 3.05) is 0 Å². The maximum atomic E-state index is 12.3. The predicted molar refractivity (Wildman–Crippen MR) is 95.4 cm³/mol. The summed E-state index contributed by atoms with van der Waals surface area (Å²) in [5.41, 5.74) is 0.190. The number of carbonyl (C=O) groups excluding carboxylic acids is 1. The summed E-state index contributed by atoms with van der Waals surface area (Å²) in [6, 6.07) is 7.59. The molecule has 0 aliphatic carbocycles. The number of sulfone groups is 1. The minimum Gasteiger partial charge on any atom is -0.444 e. The van der Waals surface area contributed by atoms with Crippen LogP contribution in [0.3, 0.4) is 0 Å². The molecule has 0 saturated carbocycles. The molecule has 1 aromatic rings. The van der Waals surface area contributed by atoms with Crippen molar-refractivity contribution in [1.82, 2.24) is 5.32 Å². The Bertz CT molecular complexity index is 700. The second kappa shape index (κ2) is 8.15. The molecule has 0 saturated heterocycles. The fraction of sp³-hybridized carbons (Fsp3) is 0.389. The zero-order valence-electron chi connectivity index (χ0n) is 14.6. The second-order valence-corrected chi connectivity index (χ2v) is 8.43. The van der Waals surface area contributed by atoms with Gasteiger partial charge in [-0.05, 0) is 46.2 Å². The predicted octanol–water partition coefficient (Wildman–Crippen LogP) is 3.83. The van der Waals surface area contributed by atoms with Gasteiger partial charge < -0.3 is 10.1 Å². The number of hydrogen-bond acceptors (Lipinski definition) is 4. The van der Waals surface area contributed by atoms with E-state index in [9.17, 15) is 13.2 Å². The number of rotatable bonds is 6. The molecule has 1 unspecified atom stereocenters. The molecule has 0 radical (unpaired) electrons. The van der Waals surface area contributed by atoms with Crippen LogP contribution in [0.4, 0.5) is 4.79 Å². The fourth-order valence-electron chi connectivity index (χ4n) is 1.89. The van der Waals surface area contributed by atoms with Gasteiger partial charge in [-0.1, -0.05) is 29.8 Å². The molecule has 1 rings (SSSR count). The molecule has 1 amide bonds. The summed E-state index contributed by atoms with van der Waals surface area (Å²) >= 11 is 0. The number of benzene rings is 1. The number of nitrogens with one attached hydrogen (secondary N) is 1. The van der Waals surface area contributed by atoms with Gasteiger partial charge in [-0.2, -0.15) is 0 Å². The lowest BCUT2D eigenvalue weighted by atomic mass is 10.1. The minimum atomic E-state index is -3.56. The van der Waals surface area contributed by atoms with E-state index in [2.05, 4.69) is 11.9 Å². The molecule has 1 N–H and O–H groups in total. The first-order valence-electron chi connectivity index (χ1n) is 7.62. The van der Waals surface area contributed by atoms with Gasteiger partial charge in [0, 0.05) is 5.41 Å². The lowest BCUT2D eigenvalue weighted by Gasteiger charge is -2.22. The van der Waals surface area contributed by atoms with E-state index in [0.717, 1.165) is 11.0 Å². The Morgan fingerprint density at radius 2 is 1.88 bits per heavy atom. The normalized spacial score (nSPS) is 13.5. The first-order valence-corrected chi connectivity index (χ1v) is 9.16. The molecule has 24 heavy (non-hydrogen) atoms. The SMILES string of the molecule is C=C(C)CC(C=CS(=O)(=O)c1ccccc1)NC(=O)OC(C)(C)C. The number of alkyl carbamates (subject to hydrolysis) is 1. The van der Waals surface area contributed by atoms with Crippen LogP contribution in [0.2, 0.25) is 0 Å². The van der Waals surface area contributed by atoms with E-state index in [1.807, 2.05) is 6.92 Å². The Kier molecular flexibility index (Phi) is 6.78. The van der Waals surface area contributed by atoms with Crippen LogP contribution in [-0.4, -0.2) is 26.2 Å². The van der Waals surface area contributed by atoms with E-state index in [0.29, 0.717) is 6.42 Å². The van der Waals surface area contributed by atoms with E-state index < -0.39 is 27.6 Å². The monoisotopic (exact) mass is 351 g/mol. The van der Waals surface area contributed by atoms with E-state index in [-0.39, 0.29) is 4.90 Å². The van der Waals surface area contributed by atoms with Gasteiger partial charge in [0.05, 0.1) is 10.9 Å². The molecule has 0 aliphatic heterocycles. The third-order valence-electron chi connectivity index (χ3n) is 2.83. The maximum absolute atomic E-state index is 12.3. The summed E-state index contributed by atoms with van der Waals surface area (Å²) in [7, 11) is -3.56. The summed E-state index contributed by atoms with van der Waals surface area (Å²) in [6.45, 7) is 10.9. The first kappa shape index (κ1) is 20.0. The van der Waals surface area contributed by atoms with Crippen molar-refractivity contribution in [2.45, 2.75) is 50.7 Å². The van der Waals surface area contributed by atoms with Crippen LogP contribution in [-0.2, 0) is 14.6 Å². The average molecular weight is 351 g/mol. The highest BCUT2D eigenvalue weighted by atomic mass is 32.2. The van der Waals surface area contributed by atoms with Gasteiger partial charge in [0.2, 0.25) is 0 Å². The molecule has 5 nitrogen and oxygen atoms in total. The first-order chi connectivity index (χ1) is 11.0. The van der Waals surface area contributed by atoms with Crippen molar-refractivity contribution in [1.29, 1.82) is 0 Å². The molecular formula is C18H25NO4S. The Morgan fingerprint density at radius 1 is 1.29 bits per heavy atom. The van der Waals surface area contributed by atoms with Crippen LogP contribution in [0.15, 0.2) is 58.9 Å². The Hall–Kier alpha value is -2.08. The highest BCUT2D eigenvalue weighted by molar-refractivity contribution is 7.94. The average Bonchev–Trinajstić information content (AvgIpc) is 2.43. The van der Waals surface area contributed by atoms with E-state index in [1.165, 1.54) is 18.2 Å². The van der Waals surface area contributed by atoms with Gasteiger partial charge in [-0.25, -0.2) is 13.2 Å². The largest absolute Gasteiger partial charge is 0.444 e. The van der Waals surface area contributed by atoms with Crippen molar-refractivity contribution < 1.29 is 17.9 Å². The minimum absolute atomic E-state index is 0.201. The zero-order chi connectivity index (χ0) is 18.4. The van der Waals surface area contributed by atoms with Crippen molar-refractivity contribution in [2.24, 2.45) is 0 Å². The van der Waals surface area contributed by atoms with Crippen LogP contribution in [0, 0.1) is 0 Å². The van der Waals surface area contributed by atoms with E-state index in [1.54, 1.807) is 39.0 Å². The maximum Gasteiger partial charge on any atom is 0.408 e. The summed E-state index contributed by atoms with van der Waals surface area (Å²) < 4.78 is 29.8. The molecule has 0 heterocycles. The number of amides is 1. The van der Waals surface area contributed by atoms with Crippen LogP contribution in [0.5, 0.6) is 0 Å². The highest BCUT2D eigenvalue weighted by Crippen LogP contribution is 2.14. The van der Waals surface area contributed by atoms with Crippen LogP contribution < -0.4 is 5.32 Å².